The van der Waals surface area contributed by atoms with Gasteiger partial charge in [0.25, 0.3) is 5.95 Å². The average Bonchev–Trinajstić information content (AvgIpc) is 3.21. The Morgan fingerprint density at radius 3 is 2.66 bits per heavy atom. The van der Waals surface area contributed by atoms with Gasteiger partial charge in [-0.2, -0.15) is 5.10 Å². The number of thioether (sulfide) groups is 1. The molecule has 0 saturated heterocycles. The molecule has 0 aliphatic heterocycles. The van der Waals surface area contributed by atoms with E-state index in [2.05, 4.69) is 41.9 Å². The first-order valence-corrected chi connectivity index (χ1v) is 10.3. The maximum Gasteiger partial charge on any atom is 0.271 e. The Hall–Kier alpha value is -2.86. The summed E-state index contributed by atoms with van der Waals surface area (Å²) in [5.74, 6) is 5.77. The number of aromatic nitrogens is 5. The Balaban J connectivity index is 1.50. The van der Waals surface area contributed by atoms with Crippen LogP contribution in [0.4, 0.5) is 5.69 Å². The highest BCUT2D eigenvalue weighted by Gasteiger charge is 2.16. The third-order valence-electron chi connectivity index (χ3n) is 3.77. The lowest BCUT2D eigenvalue weighted by Crippen LogP contribution is -2.34. The number of nitrogens with one attached hydrogen (secondary N) is 2. The summed E-state index contributed by atoms with van der Waals surface area (Å²) < 4.78 is 3.62. The molecule has 0 bridgehead atoms. The first-order valence-electron chi connectivity index (χ1n) is 8.53. The normalized spacial score (nSPS) is 10.7. The molecular weight excluding hydrogens is 460 g/mol. The van der Waals surface area contributed by atoms with Gasteiger partial charge in [0.2, 0.25) is 17.0 Å². The van der Waals surface area contributed by atoms with Crippen molar-refractivity contribution in [2.45, 2.75) is 19.0 Å². The van der Waals surface area contributed by atoms with E-state index < -0.39 is 0 Å². The summed E-state index contributed by atoms with van der Waals surface area (Å²) in [5, 5.41) is 18.0. The van der Waals surface area contributed by atoms with E-state index in [0.29, 0.717) is 16.8 Å². The van der Waals surface area contributed by atoms with E-state index in [1.54, 1.807) is 16.8 Å². The number of anilines is 1. The minimum Gasteiger partial charge on any atom is -0.346 e. The van der Waals surface area contributed by atoms with Crippen LogP contribution in [-0.2, 0) is 9.59 Å². The summed E-state index contributed by atoms with van der Waals surface area (Å²) in [5.41, 5.74) is 2.33. The van der Waals surface area contributed by atoms with Crippen LogP contribution in [-0.4, -0.2) is 48.8 Å². The molecular formula is C17H19BrN8O2S. The van der Waals surface area contributed by atoms with E-state index in [4.69, 9.17) is 5.84 Å². The van der Waals surface area contributed by atoms with Crippen molar-refractivity contribution >= 4 is 45.2 Å². The Labute approximate surface area is 179 Å². The van der Waals surface area contributed by atoms with Gasteiger partial charge in [-0.15, -0.1) is 10.2 Å². The number of nitrogens with two attached hydrogens (primary N) is 1. The number of nitrogen functional groups attached to an aromatic ring is 1. The van der Waals surface area contributed by atoms with Crippen molar-refractivity contribution in [3.8, 4) is 5.95 Å². The van der Waals surface area contributed by atoms with Gasteiger partial charge < -0.3 is 16.5 Å². The van der Waals surface area contributed by atoms with Gasteiger partial charge in [0.1, 0.15) is 0 Å². The van der Waals surface area contributed by atoms with E-state index in [-0.39, 0.29) is 24.1 Å². The van der Waals surface area contributed by atoms with Gasteiger partial charge in [-0.3, -0.25) is 9.59 Å². The van der Waals surface area contributed by atoms with Crippen LogP contribution in [0.1, 0.15) is 11.4 Å². The number of hydrogen-bond donors (Lipinski definition) is 3. The average molecular weight is 479 g/mol. The number of halogens is 1. The second-order valence-corrected chi connectivity index (χ2v) is 7.88. The molecule has 0 unspecified atom stereocenters. The van der Waals surface area contributed by atoms with Gasteiger partial charge in [-0.1, -0.05) is 23.9 Å². The zero-order valence-corrected chi connectivity index (χ0v) is 18.1. The molecule has 0 aliphatic rings. The fourth-order valence-corrected chi connectivity index (χ4v) is 3.53. The SMILES string of the molecule is Cc1cc(C)n(-c2nnc(SCC(=O)NCC(=O)Nc3ccccc3Br)n2N)n1. The summed E-state index contributed by atoms with van der Waals surface area (Å²) in [6.07, 6.45) is 0. The van der Waals surface area contributed by atoms with E-state index in [1.165, 1.54) is 4.68 Å². The standard InChI is InChI=1S/C17H19BrN8O2S/c1-10-7-11(2)26(24-10)16-22-23-17(25(16)19)29-9-15(28)20-8-14(27)21-13-6-4-3-5-12(13)18/h3-7H,8-9,19H2,1-2H3,(H,20,28)(H,21,27). The lowest BCUT2D eigenvalue weighted by molar-refractivity contribution is -0.122. The first kappa shape index (κ1) is 20.9. The van der Waals surface area contributed by atoms with Crippen molar-refractivity contribution in [1.82, 2.24) is 30.0 Å². The number of para-hydroxylation sites is 1. The smallest absolute Gasteiger partial charge is 0.271 e. The van der Waals surface area contributed by atoms with Gasteiger partial charge in [0, 0.05) is 10.2 Å². The van der Waals surface area contributed by atoms with Gasteiger partial charge in [-0.25, -0.2) is 9.36 Å². The number of nitrogens with zero attached hydrogens (tertiary/aromatic N) is 5. The second kappa shape index (κ2) is 9.09. The molecule has 0 atom stereocenters. The summed E-state index contributed by atoms with van der Waals surface area (Å²) in [6.45, 7) is 3.61. The Morgan fingerprint density at radius 1 is 1.21 bits per heavy atom. The zero-order valence-electron chi connectivity index (χ0n) is 15.7. The minimum atomic E-state index is -0.330. The highest BCUT2D eigenvalue weighted by Crippen LogP contribution is 2.21. The molecule has 29 heavy (non-hydrogen) atoms. The van der Waals surface area contributed by atoms with E-state index in [9.17, 15) is 9.59 Å². The molecule has 10 nitrogen and oxygen atoms in total. The van der Waals surface area contributed by atoms with E-state index >= 15 is 0 Å². The summed E-state index contributed by atoms with van der Waals surface area (Å²) >= 11 is 4.46. The van der Waals surface area contributed by atoms with Crippen LogP contribution in [0.5, 0.6) is 0 Å². The number of aryl methyl sites for hydroxylation is 2. The summed E-state index contributed by atoms with van der Waals surface area (Å²) in [7, 11) is 0. The number of benzene rings is 1. The van der Waals surface area contributed by atoms with Crippen molar-refractivity contribution in [3.63, 3.8) is 0 Å². The molecule has 2 heterocycles. The Bertz CT molecular complexity index is 1050. The van der Waals surface area contributed by atoms with Crippen LogP contribution in [0, 0.1) is 13.8 Å². The molecule has 3 aromatic rings. The fraction of sp³-hybridized carbons (Fsp3) is 0.235. The number of rotatable bonds is 7. The summed E-state index contributed by atoms with van der Waals surface area (Å²) in [4.78, 5) is 24.0. The van der Waals surface area contributed by atoms with Crippen LogP contribution in [0.15, 0.2) is 40.0 Å². The third-order valence-corrected chi connectivity index (χ3v) is 5.41. The molecule has 3 rings (SSSR count). The van der Waals surface area contributed by atoms with Gasteiger partial charge in [0.15, 0.2) is 0 Å². The number of carbonyl (C=O) groups excluding carboxylic acids is 2. The van der Waals surface area contributed by atoms with Crippen molar-refractivity contribution in [3.05, 3.63) is 46.2 Å². The highest BCUT2D eigenvalue weighted by molar-refractivity contribution is 9.10. The predicted molar refractivity (Wildman–Crippen MR) is 113 cm³/mol. The minimum absolute atomic E-state index is 0.0365. The van der Waals surface area contributed by atoms with Crippen LogP contribution in [0.3, 0.4) is 0 Å². The summed E-state index contributed by atoms with van der Waals surface area (Å²) in [6, 6.07) is 9.12. The second-order valence-electron chi connectivity index (χ2n) is 6.08. The van der Waals surface area contributed by atoms with Crippen LogP contribution >= 0.6 is 27.7 Å². The van der Waals surface area contributed by atoms with E-state index in [1.807, 2.05) is 32.0 Å². The molecule has 1 aromatic carbocycles. The third kappa shape index (κ3) is 5.15. The molecule has 2 amide bonds. The Morgan fingerprint density at radius 2 is 1.97 bits per heavy atom. The van der Waals surface area contributed by atoms with Crippen molar-refractivity contribution in [2.75, 3.05) is 23.5 Å². The maximum atomic E-state index is 12.0. The van der Waals surface area contributed by atoms with E-state index in [0.717, 1.165) is 27.6 Å². The molecule has 152 valence electrons. The number of hydrogen-bond acceptors (Lipinski definition) is 7. The molecule has 4 N–H and O–H groups in total. The van der Waals surface area contributed by atoms with Gasteiger partial charge >= 0.3 is 0 Å². The molecule has 0 saturated carbocycles. The van der Waals surface area contributed by atoms with Crippen molar-refractivity contribution < 1.29 is 9.59 Å². The van der Waals surface area contributed by atoms with Crippen molar-refractivity contribution in [1.29, 1.82) is 0 Å². The highest BCUT2D eigenvalue weighted by atomic mass is 79.9. The number of amides is 2. The fourth-order valence-electron chi connectivity index (χ4n) is 2.46. The van der Waals surface area contributed by atoms with Crippen molar-refractivity contribution in [2.24, 2.45) is 0 Å². The first-order chi connectivity index (χ1) is 13.8. The Kier molecular flexibility index (Phi) is 6.54. The zero-order chi connectivity index (χ0) is 21.0. The molecule has 0 spiro atoms. The van der Waals surface area contributed by atoms with Gasteiger partial charge in [0.05, 0.1) is 23.7 Å². The molecule has 2 aromatic heterocycles. The molecule has 0 fully saturated rings. The topological polar surface area (TPSA) is 133 Å². The monoisotopic (exact) mass is 478 g/mol. The molecule has 12 heteroatoms. The molecule has 0 aliphatic carbocycles. The van der Waals surface area contributed by atoms with Crippen LogP contribution < -0.4 is 16.5 Å². The quantitative estimate of drug-likeness (QED) is 0.345. The largest absolute Gasteiger partial charge is 0.346 e. The maximum absolute atomic E-state index is 12.0. The lowest BCUT2D eigenvalue weighted by Gasteiger charge is -2.08. The number of carbonyl (C=O) groups is 2. The molecule has 0 radical (unpaired) electrons. The predicted octanol–water partition coefficient (Wildman–Crippen LogP) is 1.40. The van der Waals surface area contributed by atoms with Crippen LogP contribution in [0.2, 0.25) is 0 Å². The lowest BCUT2D eigenvalue weighted by atomic mass is 10.3. The van der Waals surface area contributed by atoms with Gasteiger partial charge in [-0.05, 0) is 48.0 Å². The van der Waals surface area contributed by atoms with Crippen LogP contribution in [0.25, 0.3) is 5.95 Å².